The van der Waals surface area contributed by atoms with Crippen molar-refractivity contribution in [1.82, 2.24) is 0 Å². The third-order valence-electron chi connectivity index (χ3n) is 2.79. The molecule has 0 aromatic carbocycles. The molecule has 1 N–H and O–H groups in total. The van der Waals surface area contributed by atoms with Crippen LogP contribution in [0.5, 0.6) is 0 Å². The summed E-state index contributed by atoms with van der Waals surface area (Å²) >= 11 is 0. The van der Waals surface area contributed by atoms with Crippen molar-refractivity contribution < 1.29 is 9.90 Å². The van der Waals surface area contributed by atoms with Crippen molar-refractivity contribution in [2.24, 2.45) is 0 Å². The number of hydrogen-bond donors (Lipinski definition) is 1. The molecule has 104 valence electrons. The number of unbranched alkanes of at least 4 members (excludes halogenated alkanes) is 6. The summed E-state index contributed by atoms with van der Waals surface area (Å²) in [6, 6.07) is 0. The molecule has 0 rings (SSSR count). The summed E-state index contributed by atoms with van der Waals surface area (Å²) in [5, 5.41) is 8.47. The highest BCUT2D eigenvalue weighted by Gasteiger charge is 1.94. The molecule has 0 fully saturated rings. The van der Waals surface area contributed by atoms with Crippen molar-refractivity contribution in [2.75, 3.05) is 0 Å². The summed E-state index contributed by atoms with van der Waals surface area (Å²) < 4.78 is 0. The Labute approximate surface area is 112 Å². The highest BCUT2D eigenvalue weighted by atomic mass is 16.4. The predicted octanol–water partition coefficient (Wildman–Crippen LogP) is 5.10. The van der Waals surface area contributed by atoms with Crippen molar-refractivity contribution in [2.45, 2.75) is 71.1 Å². The van der Waals surface area contributed by atoms with Crippen LogP contribution < -0.4 is 0 Å². The first-order valence-electron chi connectivity index (χ1n) is 7.29. The van der Waals surface area contributed by atoms with E-state index in [1.807, 2.05) is 0 Å². The van der Waals surface area contributed by atoms with E-state index in [2.05, 4.69) is 31.2 Å². The molecule has 0 bridgehead atoms. The van der Waals surface area contributed by atoms with E-state index in [1.165, 1.54) is 32.1 Å². The number of carboxylic acid groups (broad SMARTS) is 1. The van der Waals surface area contributed by atoms with Crippen molar-refractivity contribution in [3.63, 3.8) is 0 Å². The van der Waals surface area contributed by atoms with E-state index >= 15 is 0 Å². The average Bonchev–Trinajstić information content (AvgIpc) is 2.34. The van der Waals surface area contributed by atoms with Crippen molar-refractivity contribution in [3.05, 3.63) is 24.3 Å². The lowest BCUT2D eigenvalue weighted by atomic mass is 10.1. The maximum Gasteiger partial charge on any atom is 0.303 e. The lowest BCUT2D eigenvalue weighted by Gasteiger charge is -1.95. The number of rotatable bonds is 12. The van der Waals surface area contributed by atoms with Crippen LogP contribution in [0.4, 0.5) is 0 Å². The number of aliphatic carboxylic acids is 1. The third kappa shape index (κ3) is 14.9. The second-order valence-electron chi connectivity index (χ2n) is 4.66. The van der Waals surface area contributed by atoms with Gasteiger partial charge in [0.15, 0.2) is 0 Å². The zero-order valence-electron chi connectivity index (χ0n) is 11.7. The quantitative estimate of drug-likeness (QED) is 0.387. The third-order valence-corrected chi connectivity index (χ3v) is 2.79. The van der Waals surface area contributed by atoms with Gasteiger partial charge in [-0.3, -0.25) is 4.79 Å². The molecule has 0 aliphatic heterocycles. The molecular formula is C16H28O2. The molecule has 2 heteroatoms. The molecule has 2 nitrogen and oxygen atoms in total. The lowest BCUT2D eigenvalue weighted by molar-refractivity contribution is -0.137. The summed E-state index contributed by atoms with van der Waals surface area (Å²) in [4.78, 5) is 10.3. The molecule has 0 heterocycles. The first kappa shape index (κ1) is 16.9. The molecule has 0 aromatic heterocycles. The van der Waals surface area contributed by atoms with Gasteiger partial charge in [0.2, 0.25) is 0 Å². The molecule has 0 radical (unpaired) electrons. The van der Waals surface area contributed by atoms with Gasteiger partial charge in [0.25, 0.3) is 0 Å². The van der Waals surface area contributed by atoms with E-state index in [0.29, 0.717) is 6.42 Å². The van der Waals surface area contributed by atoms with Crippen LogP contribution in [0.1, 0.15) is 71.1 Å². The monoisotopic (exact) mass is 252 g/mol. The molecule has 0 aliphatic carbocycles. The van der Waals surface area contributed by atoms with Gasteiger partial charge in [0.05, 0.1) is 0 Å². The minimum atomic E-state index is -0.685. The van der Waals surface area contributed by atoms with Gasteiger partial charge in [-0.1, -0.05) is 37.6 Å². The number of carboxylic acids is 1. The normalized spacial score (nSPS) is 11.6. The molecule has 0 spiro atoms. The lowest BCUT2D eigenvalue weighted by Crippen LogP contribution is -1.92. The largest absolute Gasteiger partial charge is 0.481 e. The molecular weight excluding hydrogens is 224 g/mol. The van der Waals surface area contributed by atoms with Gasteiger partial charge in [-0.05, 0) is 51.4 Å². The van der Waals surface area contributed by atoms with E-state index in [9.17, 15) is 4.79 Å². The molecule has 0 amide bonds. The van der Waals surface area contributed by atoms with E-state index in [0.717, 1.165) is 25.7 Å². The van der Waals surface area contributed by atoms with Crippen LogP contribution in [0.25, 0.3) is 0 Å². The highest BCUT2D eigenvalue weighted by molar-refractivity contribution is 5.66. The Balaban J connectivity index is 3.16. The van der Waals surface area contributed by atoms with Crippen LogP contribution in [-0.4, -0.2) is 11.1 Å². The Hall–Kier alpha value is -1.05. The Morgan fingerprint density at radius 2 is 1.28 bits per heavy atom. The van der Waals surface area contributed by atoms with Gasteiger partial charge < -0.3 is 5.11 Å². The van der Waals surface area contributed by atoms with Gasteiger partial charge in [-0.15, -0.1) is 0 Å². The topological polar surface area (TPSA) is 37.3 Å². The average molecular weight is 252 g/mol. The zero-order valence-corrected chi connectivity index (χ0v) is 11.7. The number of hydrogen-bond acceptors (Lipinski definition) is 1. The Morgan fingerprint density at radius 3 is 1.72 bits per heavy atom. The predicted molar refractivity (Wildman–Crippen MR) is 77.8 cm³/mol. The highest BCUT2D eigenvalue weighted by Crippen LogP contribution is 2.05. The van der Waals surface area contributed by atoms with Crippen molar-refractivity contribution >= 4 is 5.97 Å². The molecule has 0 aromatic rings. The molecule has 0 aliphatic rings. The van der Waals surface area contributed by atoms with Gasteiger partial charge in [0, 0.05) is 6.42 Å². The van der Waals surface area contributed by atoms with Gasteiger partial charge in [0.1, 0.15) is 0 Å². The number of carbonyl (C=O) groups is 1. The summed E-state index contributed by atoms with van der Waals surface area (Å²) in [5.41, 5.74) is 0. The van der Waals surface area contributed by atoms with E-state index in [4.69, 9.17) is 5.11 Å². The molecule has 18 heavy (non-hydrogen) atoms. The summed E-state index contributed by atoms with van der Waals surface area (Å²) in [6.45, 7) is 2.20. The van der Waals surface area contributed by atoms with Gasteiger partial charge >= 0.3 is 5.97 Å². The van der Waals surface area contributed by atoms with Crippen molar-refractivity contribution in [1.29, 1.82) is 0 Å². The van der Waals surface area contributed by atoms with Crippen LogP contribution in [0.2, 0.25) is 0 Å². The zero-order chi connectivity index (χ0) is 13.5. The Morgan fingerprint density at radius 1 is 0.833 bits per heavy atom. The fraction of sp³-hybridized carbons (Fsp3) is 0.688. The summed E-state index contributed by atoms with van der Waals surface area (Å²) in [6.07, 6.45) is 19.4. The Bertz CT molecular complexity index is 241. The fourth-order valence-electron chi connectivity index (χ4n) is 1.70. The second kappa shape index (κ2) is 14.0. The van der Waals surface area contributed by atoms with Gasteiger partial charge in [-0.25, -0.2) is 0 Å². The summed E-state index contributed by atoms with van der Waals surface area (Å²) in [7, 11) is 0. The van der Waals surface area contributed by atoms with E-state index in [-0.39, 0.29) is 0 Å². The molecule has 0 atom stereocenters. The van der Waals surface area contributed by atoms with Crippen LogP contribution >= 0.6 is 0 Å². The van der Waals surface area contributed by atoms with Gasteiger partial charge in [-0.2, -0.15) is 0 Å². The minimum Gasteiger partial charge on any atom is -0.481 e. The van der Waals surface area contributed by atoms with Crippen molar-refractivity contribution in [3.8, 4) is 0 Å². The standard InChI is InChI=1S/C16H28O2/c1-2-3-4-5-6-7-8-9-10-11-12-13-14-15-16(17)18/h4-5,10-11H,2-3,6-9,12-15H2,1H3,(H,17,18)/b5-4+,11-10+. The summed E-state index contributed by atoms with van der Waals surface area (Å²) in [5.74, 6) is -0.685. The van der Waals surface area contributed by atoms with Crippen LogP contribution in [-0.2, 0) is 4.79 Å². The van der Waals surface area contributed by atoms with Crippen LogP contribution in [0.3, 0.4) is 0 Å². The Kier molecular flexibility index (Phi) is 13.2. The first-order valence-corrected chi connectivity index (χ1v) is 7.29. The smallest absolute Gasteiger partial charge is 0.303 e. The number of allylic oxidation sites excluding steroid dienone is 4. The molecule has 0 saturated heterocycles. The fourth-order valence-corrected chi connectivity index (χ4v) is 1.70. The minimum absolute atomic E-state index is 0.304. The van der Waals surface area contributed by atoms with E-state index < -0.39 is 5.97 Å². The maximum absolute atomic E-state index is 10.3. The van der Waals surface area contributed by atoms with Crippen LogP contribution in [0, 0.1) is 0 Å². The maximum atomic E-state index is 10.3. The second-order valence-corrected chi connectivity index (χ2v) is 4.66. The van der Waals surface area contributed by atoms with Crippen LogP contribution in [0.15, 0.2) is 24.3 Å². The van der Waals surface area contributed by atoms with E-state index in [1.54, 1.807) is 0 Å². The molecule has 0 saturated carbocycles. The SMILES string of the molecule is CCC/C=C/CCCC/C=C/CCCCC(=O)O. The first-order chi connectivity index (χ1) is 8.77. The molecule has 0 unspecified atom stereocenters.